The lowest BCUT2D eigenvalue weighted by Gasteiger charge is -2.18. The van der Waals surface area contributed by atoms with Crippen LogP contribution in [0, 0.1) is 5.41 Å². The Labute approximate surface area is 159 Å². The molecule has 0 spiro atoms. The summed E-state index contributed by atoms with van der Waals surface area (Å²) in [6.07, 6.45) is 2.60. The summed E-state index contributed by atoms with van der Waals surface area (Å²) in [6.45, 7) is 5.17. The molecule has 0 bridgehead atoms. The quantitative estimate of drug-likeness (QED) is 0.400. The van der Waals surface area contributed by atoms with Crippen LogP contribution in [0.5, 0.6) is 5.75 Å². The van der Waals surface area contributed by atoms with Gasteiger partial charge in [-0.25, -0.2) is 9.09 Å². The SMILES string of the molecule is CN(C)CCc1c[nH]c2cccc(OP(=O)(O)OCOC(=O)C(C)(C)C)c12. The molecule has 0 aliphatic carbocycles. The Morgan fingerprint density at radius 3 is 2.63 bits per heavy atom. The molecule has 2 N–H and O–H groups in total. The number of hydrogen-bond donors (Lipinski definition) is 2. The van der Waals surface area contributed by atoms with E-state index in [0.29, 0.717) is 0 Å². The maximum atomic E-state index is 12.3. The summed E-state index contributed by atoms with van der Waals surface area (Å²) in [5, 5.41) is 0.726. The molecule has 0 saturated heterocycles. The lowest BCUT2D eigenvalue weighted by atomic mass is 9.98. The highest BCUT2D eigenvalue weighted by Gasteiger charge is 2.28. The number of nitrogens with zero attached hydrogens (tertiary/aromatic N) is 1. The molecule has 1 atom stereocenters. The van der Waals surface area contributed by atoms with E-state index < -0.39 is 26.0 Å². The molecule has 0 aliphatic rings. The van der Waals surface area contributed by atoms with Crippen molar-refractivity contribution in [2.45, 2.75) is 27.2 Å². The van der Waals surface area contributed by atoms with E-state index in [2.05, 4.69) is 4.98 Å². The van der Waals surface area contributed by atoms with Crippen LogP contribution in [0.15, 0.2) is 24.4 Å². The fourth-order valence-corrected chi connectivity index (χ4v) is 2.99. The summed E-state index contributed by atoms with van der Waals surface area (Å²) in [6, 6.07) is 5.17. The number of likely N-dealkylation sites (N-methyl/N-ethyl adjacent to an activating group) is 1. The highest BCUT2D eigenvalue weighted by molar-refractivity contribution is 7.47. The van der Waals surface area contributed by atoms with Crippen molar-refractivity contribution in [3.05, 3.63) is 30.0 Å². The third-order valence-electron chi connectivity index (χ3n) is 3.81. The average molecular weight is 398 g/mol. The maximum Gasteiger partial charge on any atom is 0.530 e. The zero-order valence-electron chi connectivity index (χ0n) is 16.3. The van der Waals surface area contributed by atoms with Gasteiger partial charge in [0.25, 0.3) is 0 Å². The zero-order valence-corrected chi connectivity index (χ0v) is 17.2. The van der Waals surface area contributed by atoms with Gasteiger partial charge in [-0.2, -0.15) is 0 Å². The minimum atomic E-state index is -4.46. The summed E-state index contributed by atoms with van der Waals surface area (Å²) in [7, 11) is -0.516. The molecule has 0 aliphatic heterocycles. The van der Waals surface area contributed by atoms with Crippen LogP contribution in [0.3, 0.4) is 0 Å². The number of fused-ring (bicyclic) bond motifs is 1. The van der Waals surface area contributed by atoms with E-state index in [1.807, 2.05) is 31.3 Å². The molecule has 0 amide bonds. The van der Waals surface area contributed by atoms with Crippen LogP contribution in [0.4, 0.5) is 0 Å². The van der Waals surface area contributed by atoms with Gasteiger partial charge in [0.2, 0.25) is 6.79 Å². The van der Waals surface area contributed by atoms with Gasteiger partial charge in [0.05, 0.1) is 5.41 Å². The van der Waals surface area contributed by atoms with E-state index in [1.54, 1.807) is 32.9 Å². The highest BCUT2D eigenvalue weighted by Crippen LogP contribution is 2.46. The molecular weight excluding hydrogens is 371 g/mol. The normalized spacial score (nSPS) is 14.3. The summed E-state index contributed by atoms with van der Waals surface area (Å²) < 4.78 is 27.2. The van der Waals surface area contributed by atoms with Crippen LogP contribution >= 0.6 is 7.82 Å². The summed E-state index contributed by atoms with van der Waals surface area (Å²) in [4.78, 5) is 26.9. The molecule has 8 nitrogen and oxygen atoms in total. The standard InChI is InChI=1S/C18H27N2O6P/c1-18(2,3)17(21)24-12-25-27(22,23)26-15-8-6-7-14-16(15)13(11-19-14)9-10-20(4)5/h6-8,11,19H,9-10,12H2,1-5H3,(H,22,23). The second-order valence-corrected chi connectivity index (χ2v) is 8.91. The summed E-state index contributed by atoms with van der Waals surface area (Å²) in [5.41, 5.74) is 1.02. The molecule has 0 radical (unpaired) electrons. The van der Waals surface area contributed by atoms with Crippen molar-refractivity contribution in [2.75, 3.05) is 27.4 Å². The Hall–Kier alpha value is -1.86. The van der Waals surface area contributed by atoms with E-state index in [9.17, 15) is 14.3 Å². The van der Waals surface area contributed by atoms with Crippen LogP contribution in [0.2, 0.25) is 0 Å². The first kappa shape index (κ1) is 21.4. The van der Waals surface area contributed by atoms with E-state index in [4.69, 9.17) is 13.8 Å². The van der Waals surface area contributed by atoms with Gasteiger partial charge < -0.3 is 19.1 Å². The molecule has 1 aromatic carbocycles. The number of benzene rings is 1. The van der Waals surface area contributed by atoms with Crippen molar-refractivity contribution in [3.63, 3.8) is 0 Å². The number of H-pyrrole nitrogens is 1. The molecule has 1 heterocycles. The van der Waals surface area contributed by atoms with Crippen molar-refractivity contribution < 1.29 is 28.0 Å². The zero-order chi connectivity index (χ0) is 20.2. The van der Waals surface area contributed by atoms with Gasteiger partial charge in [0, 0.05) is 23.6 Å². The Bertz CT molecular complexity index is 840. The molecule has 0 fully saturated rings. The van der Waals surface area contributed by atoms with Gasteiger partial charge in [-0.3, -0.25) is 9.69 Å². The second kappa shape index (κ2) is 8.44. The molecule has 27 heavy (non-hydrogen) atoms. The largest absolute Gasteiger partial charge is 0.530 e. The average Bonchev–Trinajstić information content (AvgIpc) is 2.95. The number of esters is 1. The smallest absolute Gasteiger partial charge is 0.437 e. The first-order valence-electron chi connectivity index (χ1n) is 8.57. The summed E-state index contributed by atoms with van der Waals surface area (Å²) in [5.74, 6) is -0.309. The predicted octanol–water partition coefficient (Wildman–Crippen LogP) is 3.31. The van der Waals surface area contributed by atoms with Crippen molar-refractivity contribution in [3.8, 4) is 5.75 Å². The van der Waals surface area contributed by atoms with Crippen LogP contribution in [-0.2, 0) is 25.0 Å². The van der Waals surface area contributed by atoms with Gasteiger partial charge in [-0.15, -0.1) is 0 Å². The van der Waals surface area contributed by atoms with E-state index in [0.717, 1.165) is 29.4 Å². The second-order valence-electron chi connectivity index (χ2n) is 7.53. The van der Waals surface area contributed by atoms with Crippen molar-refractivity contribution in [1.82, 2.24) is 9.88 Å². The molecule has 0 saturated carbocycles. The Morgan fingerprint density at radius 1 is 1.30 bits per heavy atom. The van der Waals surface area contributed by atoms with Gasteiger partial charge in [0.15, 0.2) is 0 Å². The van der Waals surface area contributed by atoms with E-state index in [-0.39, 0.29) is 5.75 Å². The molecule has 2 rings (SSSR count). The number of phosphoric acid groups is 1. The monoisotopic (exact) mass is 398 g/mol. The number of aromatic nitrogens is 1. The Balaban J connectivity index is 2.11. The first-order valence-corrected chi connectivity index (χ1v) is 10.1. The van der Waals surface area contributed by atoms with Gasteiger partial charge in [0.1, 0.15) is 5.75 Å². The first-order chi connectivity index (χ1) is 12.5. The van der Waals surface area contributed by atoms with Crippen LogP contribution in [0.1, 0.15) is 26.3 Å². The fourth-order valence-electron chi connectivity index (χ4n) is 2.35. The van der Waals surface area contributed by atoms with Crippen molar-refractivity contribution in [2.24, 2.45) is 5.41 Å². The minimum absolute atomic E-state index is 0.232. The highest BCUT2D eigenvalue weighted by atomic mass is 31.2. The topological polar surface area (TPSA) is 101 Å². The predicted molar refractivity (Wildman–Crippen MR) is 103 cm³/mol. The minimum Gasteiger partial charge on any atom is -0.437 e. The van der Waals surface area contributed by atoms with E-state index >= 15 is 0 Å². The van der Waals surface area contributed by atoms with Gasteiger partial charge >= 0.3 is 13.8 Å². The molecule has 2 aromatic rings. The van der Waals surface area contributed by atoms with Crippen LogP contribution in [0.25, 0.3) is 10.9 Å². The number of ether oxygens (including phenoxy) is 1. The van der Waals surface area contributed by atoms with Crippen molar-refractivity contribution >= 4 is 24.7 Å². The molecular formula is C18H27N2O6P. The number of aromatic amines is 1. The lowest BCUT2D eigenvalue weighted by molar-refractivity contribution is -0.160. The lowest BCUT2D eigenvalue weighted by Crippen LogP contribution is -2.23. The third kappa shape index (κ3) is 6.07. The van der Waals surface area contributed by atoms with Gasteiger partial charge in [-0.05, 0) is 59.0 Å². The van der Waals surface area contributed by atoms with E-state index in [1.165, 1.54) is 0 Å². The van der Waals surface area contributed by atoms with Crippen LogP contribution in [-0.4, -0.2) is 48.2 Å². The Morgan fingerprint density at radius 2 is 2.00 bits per heavy atom. The molecule has 150 valence electrons. The van der Waals surface area contributed by atoms with Crippen LogP contribution < -0.4 is 4.52 Å². The third-order valence-corrected chi connectivity index (χ3v) is 4.67. The fraction of sp³-hybridized carbons (Fsp3) is 0.500. The Kier molecular flexibility index (Phi) is 6.70. The number of nitrogens with one attached hydrogen (secondary N) is 1. The molecule has 1 unspecified atom stereocenters. The molecule has 9 heteroatoms. The number of hydrogen-bond acceptors (Lipinski definition) is 6. The number of phosphoric ester groups is 1. The van der Waals surface area contributed by atoms with Crippen molar-refractivity contribution in [1.29, 1.82) is 0 Å². The number of carbonyl (C=O) groups is 1. The molecule has 1 aromatic heterocycles. The van der Waals surface area contributed by atoms with Gasteiger partial charge in [-0.1, -0.05) is 6.07 Å². The number of rotatable bonds is 8. The number of carbonyl (C=O) groups excluding carboxylic acids is 1. The maximum absolute atomic E-state index is 12.3. The summed E-state index contributed by atoms with van der Waals surface area (Å²) >= 11 is 0.